The Balaban J connectivity index is 1.52. The lowest BCUT2D eigenvalue weighted by Gasteiger charge is -2.31. The number of nitrogens with one attached hydrogen (secondary N) is 1. The summed E-state index contributed by atoms with van der Waals surface area (Å²) in [4.78, 5) is 14.9. The largest absolute Gasteiger partial charge is 0.490 e. The van der Waals surface area contributed by atoms with Crippen molar-refractivity contribution in [2.45, 2.75) is 64.8 Å². The number of ether oxygens (including phenoxy) is 1. The second kappa shape index (κ2) is 11.5. The second-order valence-corrected chi connectivity index (χ2v) is 9.01. The highest BCUT2D eigenvalue weighted by Gasteiger charge is 2.29. The molecule has 0 aliphatic heterocycles. The summed E-state index contributed by atoms with van der Waals surface area (Å²) in [5, 5.41) is 12.7. The summed E-state index contributed by atoms with van der Waals surface area (Å²) in [5.74, 6) is 0.985. The molecule has 3 rings (SSSR count). The summed E-state index contributed by atoms with van der Waals surface area (Å²) < 4.78 is 6.10. The average molecular weight is 440 g/mol. The molecule has 174 valence electrons. The monoisotopic (exact) mass is 439 g/mol. The van der Waals surface area contributed by atoms with Gasteiger partial charge >= 0.3 is 0 Å². The van der Waals surface area contributed by atoms with Crippen LogP contribution in [0.4, 0.5) is 5.69 Å². The number of aliphatic hydroxyl groups excluding tert-OH is 1. The van der Waals surface area contributed by atoms with Crippen LogP contribution in [0.5, 0.6) is 5.75 Å². The fourth-order valence-corrected chi connectivity index (χ4v) is 4.26. The van der Waals surface area contributed by atoms with Crippen molar-refractivity contribution in [3.8, 4) is 5.75 Å². The first kappa shape index (κ1) is 24.2. The summed E-state index contributed by atoms with van der Waals surface area (Å²) in [5.41, 5.74) is 9.97. The first-order chi connectivity index (χ1) is 15.4. The van der Waals surface area contributed by atoms with Gasteiger partial charge in [-0.1, -0.05) is 18.2 Å². The number of aryl methyl sites for hydroxylation is 1. The van der Waals surface area contributed by atoms with Gasteiger partial charge in [0.05, 0.1) is 12.7 Å². The van der Waals surface area contributed by atoms with Crippen LogP contribution < -0.4 is 20.7 Å². The fraction of sp³-hybridized carbons (Fsp3) is 0.500. The molecule has 1 aliphatic carbocycles. The smallest absolute Gasteiger partial charge is 0.229 e. The minimum Gasteiger partial charge on any atom is -0.490 e. The van der Waals surface area contributed by atoms with Crippen LogP contribution >= 0.6 is 0 Å². The van der Waals surface area contributed by atoms with Crippen LogP contribution in [-0.2, 0) is 17.9 Å². The van der Waals surface area contributed by atoms with Crippen LogP contribution in [0.25, 0.3) is 0 Å². The van der Waals surface area contributed by atoms with Crippen molar-refractivity contribution in [3.63, 3.8) is 0 Å². The zero-order valence-electron chi connectivity index (χ0n) is 19.5. The number of benzene rings is 2. The molecular weight excluding hydrogens is 402 g/mol. The van der Waals surface area contributed by atoms with Crippen LogP contribution in [-0.4, -0.2) is 36.8 Å². The number of hydrogen-bond donors (Lipinski definition) is 3. The van der Waals surface area contributed by atoms with E-state index in [1.165, 1.54) is 11.1 Å². The maximum absolute atomic E-state index is 13.1. The number of carbonyl (C=O) groups is 1. The molecule has 0 aromatic heterocycles. The van der Waals surface area contributed by atoms with Gasteiger partial charge in [-0.2, -0.15) is 0 Å². The van der Waals surface area contributed by atoms with E-state index in [0.717, 1.165) is 55.8 Å². The molecule has 1 aliphatic rings. The topological polar surface area (TPSA) is 87.8 Å². The number of anilines is 1. The fourth-order valence-electron chi connectivity index (χ4n) is 4.26. The van der Waals surface area contributed by atoms with Crippen LogP contribution in [0, 0.1) is 12.8 Å². The van der Waals surface area contributed by atoms with E-state index >= 15 is 0 Å². The predicted molar refractivity (Wildman–Crippen MR) is 129 cm³/mol. The van der Waals surface area contributed by atoms with E-state index in [9.17, 15) is 9.90 Å². The van der Waals surface area contributed by atoms with Gasteiger partial charge in [0.2, 0.25) is 5.91 Å². The van der Waals surface area contributed by atoms with Crippen molar-refractivity contribution in [2.75, 3.05) is 18.5 Å². The first-order valence-corrected chi connectivity index (χ1v) is 11.6. The van der Waals surface area contributed by atoms with E-state index in [1.54, 1.807) is 4.90 Å². The third kappa shape index (κ3) is 6.55. The molecule has 1 saturated carbocycles. The maximum Gasteiger partial charge on any atom is 0.229 e. The number of nitrogens with zero attached hydrogens (tertiary/aromatic N) is 1. The van der Waals surface area contributed by atoms with E-state index in [1.807, 2.05) is 44.3 Å². The average Bonchev–Trinajstić information content (AvgIpc) is 2.79. The zero-order valence-corrected chi connectivity index (χ0v) is 19.5. The number of carbonyl (C=O) groups excluding carboxylic acids is 1. The highest BCUT2D eigenvalue weighted by Crippen LogP contribution is 2.30. The van der Waals surface area contributed by atoms with Crippen LogP contribution in [0.15, 0.2) is 42.5 Å². The summed E-state index contributed by atoms with van der Waals surface area (Å²) in [7, 11) is 1.87. The molecule has 2 aromatic carbocycles. The molecule has 0 heterocycles. The van der Waals surface area contributed by atoms with Crippen molar-refractivity contribution >= 4 is 11.6 Å². The van der Waals surface area contributed by atoms with Gasteiger partial charge in [0.25, 0.3) is 0 Å². The zero-order chi connectivity index (χ0) is 23.1. The van der Waals surface area contributed by atoms with Gasteiger partial charge in [0.15, 0.2) is 0 Å². The maximum atomic E-state index is 13.1. The molecule has 32 heavy (non-hydrogen) atoms. The number of amides is 1. The third-order valence-electron chi connectivity index (χ3n) is 6.23. The van der Waals surface area contributed by atoms with Gasteiger partial charge in [-0.15, -0.1) is 0 Å². The Morgan fingerprint density at radius 1 is 1.22 bits per heavy atom. The molecule has 2 aromatic rings. The molecule has 0 bridgehead atoms. The van der Waals surface area contributed by atoms with E-state index < -0.39 is 0 Å². The Morgan fingerprint density at radius 2 is 1.97 bits per heavy atom. The normalized spacial score (nSPS) is 19.4. The SMILES string of the molecule is Cc1cc(N(C)C(=O)C2CCC(Oc3cccc(CO)c3)CC2)ccc1CNC[C@H](C)N. The molecular formula is C26H37N3O3. The first-order valence-electron chi connectivity index (χ1n) is 11.6. The van der Waals surface area contributed by atoms with Gasteiger partial charge in [-0.25, -0.2) is 0 Å². The van der Waals surface area contributed by atoms with Gasteiger partial charge in [-0.3, -0.25) is 4.79 Å². The molecule has 0 unspecified atom stereocenters. The Morgan fingerprint density at radius 3 is 2.62 bits per heavy atom. The summed E-state index contributed by atoms with van der Waals surface area (Å²) >= 11 is 0. The standard InChI is InChI=1S/C26H37N3O3/c1-18-13-23(10-7-22(18)16-28-15-19(2)27)29(3)26(31)21-8-11-24(12-9-21)32-25-6-4-5-20(14-25)17-30/h4-7,10,13-14,19,21,24,28,30H,8-9,11-12,15-17,27H2,1-3H3/t19-,21?,24?/m0/s1. The van der Waals surface area contributed by atoms with E-state index in [4.69, 9.17) is 10.5 Å². The molecule has 0 spiro atoms. The lowest BCUT2D eigenvalue weighted by Crippen LogP contribution is -2.36. The lowest BCUT2D eigenvalue weighted by atomic mass is 9.86. The highest BCUT2D eigenvalue weighted by atomic mass is 16.5. The molecule has 6 heteroatoms. The molecule has 1 fully saturated rings. The Kier molecular flexibility index (Phi) is 8.67. The Bertz CT molecular complexity index is 892. The van der Waals surface area contributed by atoms with Crippen molar-refractivity contribution in [2.24, 2.45) is 11.7 Å². The van der Waals surface area contributed by atoms with E-state index in [0.29, 0.717) is 0 Å². The number of hydrogen-bond acceptors (Lipinski definition) is 5. The number of aliphatic hydroxyl groups is 1. The van der Waals surface area contributed by atoms with Crippen LogP contribution in [0.2, 0.25) is 0 Å². The summed E-state index contributed by atoms with van der Waals surface area (Å²) in [6, 6.07) is 13.9. The highest BCUT2D eigenvalue weighted by molar-refractivity contribution is 5.94. The van der Waals surface area contributed by atoms with Gasteiger partial charge in [-0.05, 0) is 80.5 Å². The molecule has 0 saturated heterocycles. The van der Waals surface area contributed by atoms with Crippen molar-refractivity contribution in [1.82, 2.24) is 5.32 Å². The van der Waals surface area contributed by atoms with Gasteiger partial charge < -0.3 is 25.8 Å². The Hall–Kier alpha value is -2.41. The molecule has 0 radical (unpaired) electrons. The Labute approximate surface area is 191 Å². The lowest BCUT2D eigenvalue weighted by molar-refractivity contribution is -0.123. The van der Waals surface area contributed by atoms with E-state index in [2.05, 4.69) is 24.4 Å². The van der Waals surface area contributed by atoms with Crippen molar-refractivity contribution < 1.29 is 14.6 Å². The van der Waals surface area contributed by atoms with Crippen LogP contribution in [0.1, 0.15) is 49.3 Å². The summed E-state index contributed by atoms with van der Waals surface area (Å²) in [6.45, 7) is 5.63. The second-order valence-electron chi connectivity index (χ2n) is 9.01. The number of nitrogens with two attached hydrogens (primary N) is 1. The minimum absolute atomic E-state index is 0.00858. The molecule has 4 N–H and O–H groups in total. The van der Waals surface area contributed by atoms with Crippen LogP contribution in [0.3, 0.4) is 0 Å². The van der Waals surface area contributed by atoms with E-state index in [-0.39, 0.29) is 30.6 Å². The molecule has 1 amide bonds. The molecule has 6 nitrogen and oxygen atoms in total. The van der Waals surface area contributed by atoms with Crippen molar-refractivity contribution in [1.29, 1.82) is 0 Å². The summed E-state index contributed by atoms with van der Waals surface area (Å²) in [6.07, 6.45) is 3.48. The van der Waals surface area contributed by atoms with Gasteiger partial charge in [0, 0.05) is 37.8 Å². The minimum atomic E-state index is 0.00858. The van der Waals surface area contributed by atoms with Gasteiger partial charge in [0.1, 0.15) is 5.75 Å². The quantitative estimate of drug-likeness (QED) is 0.556. The number of rotatable bonds is 9. The third-order valence-corrected chi connectivity index (χ3v) is 6.23. The van der Waals surface area contributed by atoms with Crippen molar-refractivity contribution in [3.05, 3.63) is 59.2 Å². The predicted octanol–water partition coefficient (Wildman–Crippen LogP) is 3.52. The molecule has 1 atom stereocenters.